The standard InChI is InChI=1S/C14H12Cl2FNO/c1-18(10-2-5-14(17)13(16)7-10)8-9-6-11(19)3-4-12(9)15/h2-7,19H,8H2,1H3. The number of hydrogen-bond donors (Lipinski definition) is 1. The zero-order valence-corrected chi connectivity index (χ0v) is 11.7. The van der Waals surface area contributed by atoms with E-state index in [1.54, 1.807) is 24.3 Å². The topological polar surface area (TPSA) is 23.5 Å². The highest BCUT2D eigenvalue weighted by Gasteiger charge is 2.08. The number of hydrogen-bond acceptors (Lipinski definition) is 2. The lowest BCUT2D eigenvalue weighted by atomic mass is 10.2. The van der Waals surface area contributed by atoms with Crippen LogP contribution in [0.15, 0.2) is 36.4 Å². The Balaban J connectivity index is 2.22. The molecule has 0 radical (unpaired) electrons. The van der Waals surface area contributed by atoms with Crippen LogP contribution in [-0.4, -0.2) is 12.2 Å². The molecule has 0 spiro atoms. The molecule has 0 aliphatic heterocycles. The highest BCUT2D eigenvalue weighted by Crippen LogP contribution is 2.26. The van der Waals surface area contributed by atoms with Crippen LogP contribution in [-0.2, 0) is 6.54 Å². The Labute approximate surface area is 121 Å². The molecular weight excluding hydrogens is 288 g/mol. The van der Waals surface area contributed by atoms with Crippen LogP contribution in [0.2, 0.25) is 10.0 Å². The Morgan fingerprint density at radius 2 is 1.84 bits per heavy atom. The van der Waals surface area contributed by atoms with Crippen LogP contribution in [0.4, 0.5) is 10.1 Å². The zero-order chi connectivity index (χ0) is 14.0. The van der Waals surface area contributed by atoms with Gasteiger partial charge in [0.15, 0.2) is 0 Å². The zero-order valence-electron chi connectivity index (χ0n) is 10.2. The van der Waals surface area contributed by atoms with Gasteiger partial charge in [-0.05, 0) is 42.0 Å². The van der Waals surface area contributed by atoms with Gasteiger partial charge in [-0.15, -0.1) is 0 Å². The van der Waals surface area contributed by atoms with Crippen LogP contribution < -0.4 is 4.90 Å². The minimum Gasteiger partial charge on any atom is -0.508 e. The van der Waals surface area contributed by atoms with Crippen LogP contribution in [0.5, 0.6) is 5.75 Å². The van der Waals surface area contributed by atoms with E-state index >= 15 is 0 Å². The van der Waals surface area contributed by atoms with Crippen molar-refractivity contribution >= 4 is 28.9 Å². The quantitative estimate of drug-likeness (QED) is 0.903. The third kappa shape index (κ3) is 3.31. The number of aromatic hydroxyl groups is 1. The smallest absolute Gasteiger partial charge is 0.141 e. The number of nitrogens with zero attached hydrogens (tertiary/aromatic N) is 1. The van der Waals surface area contributed by atoms with E-state index in [4.69, 9.17) is 23.2 Å². The minimum atomic E-state index is -0.450. The second kappa shape index (κ2) is 5.68. The molecule has 1 N–H and O–H groups in total. The van der Waals surface area contributed by atoms with Gasteiger partial charge in [0.1, 0.15) is 11.6 Å². The summed E-state index contributed by atoms with van der Waals surface area (Å²) in [6.45, 7) is 0.481. The van der Waals surface area contributed by atoms with Crippen molar-refractivity contribution in [1.82, 2.24) is 0 Å². The Morgan fingerprint density at radius 1 is 1.11 bits per heavy atom. The van der Waals surface area contributed by atoms with E-state index in [0.29, 0.717) is 11.6 Å². The van der Waals surface area contributed by atoms with Crippen molar-refractivity contribution in [3.63, 3.8) is 0 Å². The van der Waals surface area contributed by atoms with Gasteiger partial charge in [-0.25, -0.2) is 4.39 Å². The van der Waals surface area contributed by atoms with Gasteiger partial charge in [-0.1, -0.05) is 23.2 Å². The first kappa shape index (κ1) is 14.0. The second-order valence-electron chi connectivity index (χ2n) is 4.23. The normalized spacial score (nSPS) is 10.5. The van der Waals surface area contributed by atoms with E-state index in [-0.39, 0.29) is 10.8 Å². The molecule has 0 aliphatic carbocycles. The van der Waals surface area contributed by atoms with E-state index in [9.17, 15) is 9.50 Å². The summed E-state index contributed by atoms with van der Waals surface area (Å²) in [5, 5.41) is 10.1. The van der Waals surface area contributed by atoms with E-state index in [1.165, 1.54) is 12.1 Å². The summed E-state index contributed by atoms with van der Waals surface area (Å²) < 4.78 is 13.1. The molecule has 0 fully saturated rings. The molecule has 2 aromatic rings. The maximum Gasteiger partial charge on any atom is 0.141 e. The van der Waals surface area contributed by atoms with Crippen molar-refractivity contribution in [1.29, 1.82) is 0 Å². The van der Waals surface area contributed by atoms with Gasteiger partial charge >= 0.3 is 0 Å². The molecule has 2 nitrogen and oxygen atoms in total. The van der Waals surface area contributed by atoms with Crippen molar-refractivity contribution in [2.45, 2.75) is 6.54 Å². The molecular formula is C14H12Cl2FNO. The average Bonchev–Trinajstić information content (AvgIpc) is 2.37. The third-order valence-corrected chi connectivity index (χ3v) is 3.44. The third-order valence-electron chi connectivity index (χ3n) is 2.78. The van der Waals surface area contributed by atoms with Crippen LogP contribution in [0.25, 0.3) is 0 Å². The van der Waals surface area contributed by atoms with E-state index in [0.717, 1.165) is 11.3 Å². The van der Waals surface area contributed by atoms with Gasteiger partial charge in [0.05, 0.1) is 5.02 Å². The highest BCUT2D eigenvalue weighted by atomic mass is 35.5. The summed E-state index contributed by atoms with van der Waals surface area (Å²) >= 11 is 11.8. The Hall–Kier alpha value is -1.45. The fourth-order valence-corrected chi connectivity index (χ4v) is 2.10. The van der Waals surface area contributed by atoms with Gasteiger partial charge in [-0.3, -0.25) is 0 Å². The van der Waals surface area contributed by atoms with Gasteiger partial charge in [0.25, 0.3) is 0 Å². The monoisotopic (exact) mass is 299 g/mol. The molecule has 19 heavy (non-hydrogen) atoms. The Kier molecular flexibility index (Phi) is 4.17. The van der Waals surface area contributed by atoms with E-state index < -0.39 is 5.82 Å². The number of phenolic OH excluding ortho intramolecular Hbond substituents is 1. The number of phenols is 1. The lowest BCUT2D eigenvalue weighted by Gasteiger charge is -2.20. The first-order chi connectivity index (χ1) is 8.97. The number of rotatable bonds is 3. The fourth-order valence-electron chi connectivity index (χ4n) is 1.75. The van der Waals surface area contributed by atoms with Crippen LogP contribution in [0.3, 0.4) is 0 Å². The lowest BCUT2D eigenvalue weighted by Crippen LogP contribution is -2.16. The van der Waals surface area contributed by atoms with Crippen molar-refractivity contribution < 1.29 is 9.50 Å². The molecule has 0 aromatic heterocycles. The Bertz CT molecular complexity index is 604. The second-order valence-corrected chi connectivity index (χ2v) is 5.04. The van der Waals surface area contributed by atoms with Crippen molar-refractivity contribution in [3.8, 4) is 5.75 Å². The molecule has 100 valence electrons. The van der Waals surface area contributed by atoms with Crippen molar-refractivity contribution in [2.75, 3.05) is 11.9 Å². The summed E-state index contributed by atoms with van der Waals surface area (Å²) in [6, 6.07) is 9.27. The van der Waals surface area contributed by atoms with E-state index in [2.05, 4.69) is 0 Å². The predicted octanol–water partition coefficient (Wildman–Crippen LogP) is 4.47. The molecule has 0 unspecified atom stereocenters. The van der Waals surface area contributed by atoms with Gasteiger partial charge < -0.3 is 10.0 Å². The molecule has 2 rings (SSSR count). The maximum absolute atomic E-state index is 13.1. The first-order valence-corrected chi connectivity index (χ1v) is 6.36. The Morgan fingerprint density at radius 3 is 2.53 bits per heavy atom. The number of benzene rings is 2. The maximum atomic E-state index is 13.1. The summed E-state index contributed by atoms with van der Waals surface area (Å²) in [7, 11) is 1.84. The summed E-state index contributed by atoms with van der Waals surface area (Å²) in [6.07, 6.45) is 0. The van der Waals surface area contributed by atoms with Crippen molar-refractivity contribution in [3.05, 3.63) is 57.8 Å². The van der Waals surface area contributed by atoms with Crippen LogP contribution in [0.1, 0.15) is 5.56 Å². The molecule has 0 atom stereocenters. The molecule has 0 aliphatic rings. The average molecular weight is 300 g/mol. The predicted molar refractivity (Wildman–Crippen MR) is 76.6 cm³/mol. The molecule has 0 heterocycles. The SMILES string of the molecule is CN(Cc1cc(O)ccc1Cl)c1ccc(F)c(Cl)c1. The molecule has 0 saturated heterocycles. The summed E-state index contributed by atoms with van der Waals surface area (Å²) in [5.41, 5.74) is 1.55. The summed E-state index contributed by atoms with van der Waals surface area (Å²) in [5.74, 6) is -0.292. The van der Waals surface area contributed by atoms with Crippen LogP contribution >= 0.6 is 23.2 Å². The molecule has 0 bridgehead atoms. The van der Waals surface area contributed by atoms with E-state index in [1.807, 2.05) is 11.9 Å². The molecule has 2 aromatic carbocycles. The molecule has 0 amide bonds. The fraction of sp³-hybridized carbons (Fsp3) is 0.143. The highest BCUT2D eigenvalue weighted by molar-refractivity contribution is 6.31. The van der Waals surface area contributed by atoms with Gasteiger partial charge in [0, 0.05) is 24.3 Å². The largest absolute Gasteiger partial charge is 0.508 e. The molecule has 5 heteroatoms. The number of anilines is 1. The molecule has 0 saturated carbocycles. The van der Waals surface area contributed by atoms with Gasteiger partial charge in [0.2, 0.25) is 0 Å². The minimum absolute atomic E-state index is 0.0753. The van der Waals surface area contributed by atoms with Crippen LogP contribution in [0, 0.1) is 5.82 Å². The summed E-state index contributed by atoms with van der Waals surface area (Å²) in [4.78, 5) is 1.87. The lowest BCUT2D eigenvalue weighted by molar-refractivity contribution is 0.474. The van der Waals surface area contributed by atoms with Crippen molar-refractivity contribution in [2.24, 2.45) is 0 Å². The number of halogens is 3. The first-order valence-electron chi connectivity index (χ1n) is 5.61. The van der Waals surface area contributed by atoms with Gasteiger partial charge in [-0.2, -0.15) is 0 Å².